The summed E-state index contributed by atoms with van der Waals surface area (Å²) < 4.78 is 0. The van der Waals surface area contributed by atoms with Gasteiger partial charge in [0.2, 0.25) is 0 Å². The fourth-order valence-electron chi connectivity index (χ4n) is 1.95. The molecule has 2 nitrogen and oxygen atoms in total. The molecule has 0 radical (unpaired) electrons. The largest absolute Gasteiger partial charge is 0.399 e. The summed E-state index contributed by atoms with van der Waals surface area (Å²) in [5, 5.41) is 3.62. The molecule has 0 amide bonds. The summed E-state index contributed by atoms with van der Waals surface area (Å²) in [5.74, 6) is 0.607. The Morgan fingerprint density at radius 1 is 1.31 bits per heavy atom. The molecule has 1 atom stereocenters. The normalized spacial score (nSPS) is 19.4. The first kappa shape index (κ1) is 11.5. The Bertz CT molecular complexity index is 338. The minimum absolute atomic E-state index is 0.459. The smallest absolute Gasteiger partial charge is 0.0314 e. The van der Waals surface area contributed by atoms with Crippen LogP contribution < -0.4 is 11.1 Å². The van der Waals surface area contributed by atoms with Crippen molar-refractivity contribution in [2.75, 3.05) is 12.3 Å². The van der Waals surface area contributed by atoms with Crippen LogP contribution in [0.2, 0.25) is 0 Å². The van der Waals surface area contributed by atoms with Crippen LogP contribution in [0, 0.1) is 0 Å². The van der Waals surface area contributed by atoms with Crippen LogP contribution in [-0.4, -0.2) is 12.1 Å². The van der Waals surface area contributed by atoms with Gasteiger partial charge in [-0.3, -0.25) is 0 Å². The Labute approximate surface area is 98.2 Å². The zero-order valence-corrected chi connectivity index (χ0v) is 10.3. The van der Waals surface area contributed by atoms with Gasteiger partial charge >= 0.3 is 0 Å². The molecule has 16 heavy (non-hydrogen) atoms. The molecule has 1 unspecified atom stereocenters. The van der Waals surface area contributed by atoms with E-state index in [1.807, 2.05) is 12.1 Å². The average Bonchev–Trinajstić information content (AvgIpc) is 2.97. The van der Waals surface area contributed by atoms with Crippen LogP contribution in [0.1, 0.15) is 44.6 Å². The Morgan fingerprint density at radius 2 is 1.94 bits per heavy atom. The van der Waals surface area contributed by atoms with Crippen LogP contribution in [0.3, 0.4) is 0 Å². The maximum atomic E-state index is 5.68. The van der Waals surface area contributed by atoms with Crippen LogP contribution in [0.25, 0.3) is 0 Å². The predicted molar refractivity (Wildman–Crippen MR) is 69.5 cm³/mol. The van der Waals surface area contributed by atoms with Crippen molar-refractivity contribution in [3.63, 3.8) is 0 Å². The van der Waals surface area contributed by atoms with Crippen LogP contribution in [0.4, 0.5) is 5.69 Å². The molecule has 0 bridgehead atoms. The van der Waals surface area contributed by atoms with Crippen molar-refractivity contribution < 1.29 is 0 Å². The first-order chi connectivity index (χ1) is 7.59. The number of hydrogen-bond donors (Lipinski definition) is 2. The molecule has 3 N–H and O–H groups in total. The highest BCUT2D eigenvalue weighted by Crippen LogP contribution is 2.34. The average molecular weight is 218 g/mol. The van der Waals surface area contributed by atoms with Gasteiger partial charge in [-0.05, 0) is 56.3 Å². The van der Waals surface area contributed by atoms with E-state index in [0.29, 0.717) is 11.5 Å². The van der Waals surface area contributed by atoms with Crippen molar-refractivity contribution in [2.45, 2.75) is 44.6 Å². The molecular formula is C14H22N2. The van der Waals surface area contributed by atoms with Crippen molar-refractivity contribution in [1.29, 1.82) is 0 Å². The molecule has 2 rings (SSSR count). The van der Waals surface area contributed by atoms with E-state index in [-0.39, 0.29) is 0 Å². The van der Waals surface area contributed by atoms with Gasteiger partial charge in [0.1, 0.15) is 0 Å². The highest BCUT2D eigenvalue weighted by atomic mass is 15.0. The Kier molecular flexibility index (Phi) is 3.20. The van der Waals surface area contributed by atoms with E-state index in [1.165, 1.54) is 24.8 Å². The summed E-state index contributed by atoms with van der Waals surface area (Å²) in [4.78, 5) is 0. The molecule has 0 aliphatic heterocycles. The minimum Gasteiger partial charge on any atom is -0.399 e. The zero-order chi connectivity index (χ0) is 11.6. The highest BCUT2D eigenvalue weighted by Gasteiger charge is 2.36. The molecule has 0 heterocycles. The van der Waals surface area contributed by atoms with E-state index < -0.39 is 0 Å². The summed E-state index contributed by atoms with van der Waals surface area (Å²) in [5.41, 5.74) is 8.37. The minimum atomic E-state index is 0.459. The summed E-state index contributed by atoms with van der Waals surface area (Å²) in [6, 6.07) is 8.25. The van der Waals surface area contributed by atoms with E-state index >= 15 is 0 Å². The van der Waals surface area contributed by atoms with E-state index in [1.54, 1.807) is 0 Å². The monoisotopic (exact) mass is 218 g/mol. The summed E-state index contributed by atoms with van der Waals surface area (Å²) in [6.07, 6.45) is 3.87. The van der Waals surface area contributed by atoms with Crippen molar-refractivity contribution in [3.05, 3.63) is 29.8 Å². The summed E-state index contributed by atoms with van der Waals surface area (Å²) in [6.45, 7) is 5.70. The first-order valence-corrected chi connectivity index (χ1v) is 6.19. The third-order valence-corrected chi connectivity index (χ3v) is 3.63. The molecule has 1 fully saturated rings. The first-order valence-electron chi connectivity index (χ1n) is 6.19. The van der Waals surface area contributed by atoms with Gasteiger partial charge in [-0.2, -0.15) is 0 Å². The molecule has 0 aromatic heterocycles. The second-order valence-corrected chi connectivity index (χ2v) is 5.34. The predicted octanol–water partition coefficient (Wildman–Crippen LogP) is 2.90. The standard InChI is InChI=1S/C14H22N2/c1-11(7-10-16-14(2)8-9-14)12-3-5-13(15)6-4-12/h3-6,11,16H,7-10,15H2,1-2H3. The van der Waals surface area contributed by atoms with Gasteiger partial charge in [0.25, 0.3) is 0 Å². The SMILES string of the molecule is CC(CCNC1(C)CC1)c1ccc(N)cc1. The van der Waals surface area contributed by atoms with Gasteiger partial charge in [0.15, 0.2) is 0 Å². The maximum Gasteiger partial charge on any atom is 0.0314 e. The lowest BCUT2D eigenvalue weighted by Gasteiger charge is -2.15. The molecule has 0 spiro atoms. The number of hydrogen-bond acceptors (Lipinski definition) is 2. The topological polar surface area (TPSA) is 38.0 Å². The number of rotatable bonds is 5. The third kappa shape index (κ3) is 2.99. The van der Waals surface area contributed by atoms with E-state index in [4.69, 9.17) is 5.73 Å². The fraction of sp³-hybridized carbons (Fsp3) is 0.571. The second-order valence-electron chi connectivity index (χ2n) is 5.34. The van der Waals surface area contributed by atoms with Gasteiger partial charge in [0.05, 0.1) is 0 Å². The van der Waals surface area contributed by atoms with Crippen LogP contribution in [0.5, 0.6) is 0 Å². The highest BCUT2D eigenvalue weighted by molar-refractivity contribution is 5.40. The molecule has 2 heteroatoms. The molecular weight excluding hydrogens is 196 g/mol. The molecule has 1 aliphatic carbocycles. The molecule has 0 saturated heterocycles. The lowest BCUT2D eigenvalue weighted by Crippen LogP contribution is -2.29. The molecule has 1 saturated carbocycles. The van der Waals surface area contributed by atoms with Gasteiger partial charge in [-0.15, -0.1) is 0 Å². The van der Waals surface area contributed by atoms with Crippen molar-refractivity contribution >= 4 is 5.69 Å². The number of nitrogens with two attached hydrogens (primary N) is 1. The summed E-state index contributed by atoms with van der Waals surface area (Å²) >= 11 is 0. The zero-order valence-electron chi connectivity index (χ0n) is 10.3. The van der Waals surface area contributed by atoms with E-state index in [0.717, 1.165) is 12.2 Å². The summed E-state index contributed by atoms with van der Waals surface area (Å²) in [7, 11) is 0. The van der Waals surface area contributed by atoms with Crippen LogP contribution in [-0.2, 0) is 0 Å². The van der Waals surface area contributed by atoms with Gasteiger partial charge in [-0.25, -0.2) is 0 Å². The number of nitrogens with one attached hydrogen (secondary N) is 1. The lowest BCUT2D eigenvalue weighted by atomic mass is 9.97. The second kappa shape index (κ2) is 4.46. The molecule has 1 aromatic rings. The Morgan fingerprint density at radius 3 is 2.50 bits per heavy atom. The van der Waals surface area contributed by atoms with E-state index in [9.17, 15) is 0 Å². The van der Waals surface area contributed by atoms with Crippen molar-refractivity contribution in [2.24, 2.45) is 0 Å². The number of nitrogen functional groups attached to an aromatic ring is 1. The van der Waals surface area contributed by atoms with Crippen LogP contribution in [0.15, 0.2) is 24.3 Å². The molecule has 1 aromatic carbocycles. The van der Waals surface area contributed by atoms with Gasteiger partial charge in [0, 0.05) is 11.2 Å². The lowest BCUT2D eigenvalue weighted by molar-refractivity contribution is 0.505. The maximum absolute atomic E-state index is 5.68. The fourth-order valence-corrected chi connectivity index (χ4v) is 1.95. The molecule has 88 valence electrons. The Hall–Kier alpha value is -1.02. The number of benzene rings is 1. The van der Waals surface area contributed by atoms with Gasteiger partial charge < -0.3 is 11.1 Å². The van der Waals surface area contributed by atoms with E-state index in [2.05, 4.69) is 31.3 Å². The van der Waals surface area contributed by atoms with Crippen molar-refractivity contribution in [3.8, 4) is 0 Å². The third-order valence-electron chi connectivity index (χ3n) is 3.63. The molecule has 1 aliphatic rings. The quantitative estimate of drug-likeness (QED) is 0.746. The van der Waals surface area contributed by atoms with Crippen molar-refractivity contribution in [1.82, 2.24) is 5.32 Å². The van der Waals surface area contributed by atoms with Crippen LogP contribution >= 0.6 is 0 Å². The Balaban J connectivity index is 1.78. The van der Waals surface area contributed by atoms with Gasteiger partial charge in [-0.1, -0.05) is 19.1 Å². The number of anilines is 1.